The van der Waals surface area contributed by atoms with Crippen LogP contribution >= 0.6 is 0 Å². The number of nitro groups is 1. The average molecular weight is 217 g/mol. The fraction of sp³-hybridized carbons (Fsp3) is 0.167. The minimum absolute atomic E-state index is 0.00570. The van der Waals surface area contributed by atoms with Crippen LogP contribution in [0.25, 0.3) is 5.57 Å². The van der Waals surface area contributed by atoms with Crippen molar-refractivity contribution in [1.82, 2.24) is 0 Å². The van der Waals surface area contributed by atoms with E-state index in [-0.39, 0.29) is 12.3 Å². The van der Waals surface area contributed by atoms with Gasteiger partial charge in [0.05, 0.1) is 11.5 Å². The molecule has 1 N–H and O–H groups in total. The second kappa shape index (κ2) is 5.10. The number of nitro benzene ring substituents is 1. The van der Waals surface area contributed by atoms with Crippen LogP contribution in [0.3, 0.4) is 0 Å². The summed E-state index contributed by atoms with van der Waals surface area (Å²) in [6.07, 6.45) is 5.22. The minimum atomic E-state index is -0.467. The van der Waals surface area contributed by atoms with Gasteiger partial charge in [0, 0.05) is 17.7 Å². The van der Waals surface area contributed by atoms with Crippen LogP contribution in [0, 0.1) is 22.5 Å². The summed E-state index contributed by atoms with van der Waals surface area (Å²) in [6.45, 7) is 1.48. The summed E-state index contributed by atoms with van der Waals surface area (Å²) >= 11 is 0. The maximum atomic E-state index is 10.6. The average Bonchev–Trinajstić information content (AvgIpc) is 2.30. The lowest BCUT2D eigenvalue weighted by molar-refractivity contribution is -0.384. The highest BCUT2D eigenvalue weighted by Crippen LogP contribution is 2.22. The SMILES string of the molecule is C#C/C(CO)=C(/C)c1cccc([N+](=O)[O-])c1. The lowest BCUT2D eigenvalue weighted by atomic mass is 10.0. The van der Waals surface area contributed by atoms with Crippen molar-refractivity contribution in [1.29, 1.82) is 0 Å². The largest absolute Gasteiger partial charge is 0.391 e. The van der Waals surface area contributed by atoms with E-state index in [4.69, 9.17) is 11.5 Å². The molecule has 0 spiro atoms. The normalized spacial score (nSPS) is 11.6. The molecule has 1 aromatic rings. The second-order valence-electron chi connectivity index (χ2n) is 3.21. The number of nitrogens with zero attached hydrogens (tertiary/aromatic N) is 1. The van der Waals surface area contributed by atoms with Crippen molar-refractivity contribution in [2.75, 3.05) is 6.61 Å². The first-order valence-electron chi connectivity index (χ1n) is 4.62. The standard InChI is InChI=1S/C12H11NO3/c1-3-10(8-14)9(2)11-5-4-6-12(7-11)13(15)16/h1,4-7,14H,8H2,2H3/b10-9+. The van der Waals surface area contributed by atoms with Gasteiger partial charge in [-0.2, -0.15) is 0 Å². The number of aliphatic hydroxyl groups is 1. The first kappa shape index (κ1) is 12.0. The maximum absolute atomic E-state index is 10.6. The van der Waals surface area contributed by atoms with E-state index >= 15 is 0 Å². The van der Waals surface area contributed by atoms with Crippen molar-refractivity contribution in [2.45, 2.75) is 6.92 Å². The van der Waals surface area contributed by atoms with Gasteiger partial charge in [-0.3, -0.25) is 10.1 Å². The highest BCUT2D eigenvalue weighted by Gasteiger charge is 2.08. The van der Waals surface area contributed by atoms with Crippen molar-refractivity contribution in [3.63, 3.8) is 0 Å². The van der Waals surface area contributed by atoms with Crippen LogP contribution in [-0.4, -0.2) is 16.6 Å². The fourth-order valence-corrected chi connectivity index (χ4v) is 1.30. The summed E-state index contributed by atoms with van der Waals surface area (Å²) in [6, 6.07) is 6.14. The number of aliphatic hydroxyl groups excluding tert-OH is 1. The van der Waals surface area contributed by atoms with Crippen LogP contribution < -0.4 is 0 Å². The molecule has 82 valence electrons. The monoisotopic (exact) mass is 217 g/mol. The highest BCUT2D eigenvalue weighted by atomic mass is 16.6. The molecule has 0 atom stereocenters. The predicted molar refractivity (Wildman–Crippen MR) is 61.6 cm³/mol. The summed E-state index contributed by atoms with van der Waals surface area (Å²) in [5.74, 6) is 2.36. The lowest BCUT2D eigenvalue weighted by Gasteiger charge is -2.04. The van der Waals surface area contributed by atoms with Crippen molar-refractivity contribution >= 4 is 11.3 Å². The number of rotatable bonds is 3. The van der Waals surface area contributed by atoms with Crippen LogP contribution in [0.2, 0.25) is 0 Å². The molecule has 0 amide bonds. The maximum Gasteiger partial charge on any atom is 0.270 e. The van der Waals surface area contributed by atoms with Crippen LogP contribution in [0.1, 0.15) is 12.5 Å². The zero-order valence-electron chi connectivity index (χ0n) is 8.80. The molecule has 0 bridgehead atoms. The third kappa shape index (κ3) is 2.47. The Balaban J connectivity index is 3.25. The predicted octanol–water partition coefficient (Wildman–Crippen LogP) is 1.99. The van der Waals surface area contributed by atoms with Gasteiger partial charge >= 0.3 is 0 Å². The Labute approximate surface area is 93.4 Å². The molecular weight excluding hydrogens is 206 g/mol. The number of benzene rings is 1. The first-order chi connectivity index (χ1) is 7.60. The number of hydrogen-bond donors (Lipinski definition) is 1. The topological polar surface area (TPSA) is 63.4 Å². The van der Waals surface area contributed by atoms with Crippen LogP contribution in [0.4, 0.5) is 5.69 Å². The molecule has 0 saturated heterocycles. The number of terminal acetylenes is 1. The smallest absolute Gasteiger partial charge is 0.270 e. The number of non-ortho nitro benzene ring substituents is 1. The van der Waals surface area contributed by atoms with E-state index in [0.29, 0.717) is 16.7 Å². The quantitative estimate of drug-likeness (QED) is 0.478. The molecule has 0 aliphatic rings. The van der Waals surface area contributed by atoms with E-state index in [9.17, 15) is 10.1 Å². The zero-order valence-corrected chi connectivity index (χ0v) is 8.80. The highest BCUT2D eigenvalue weighted by molar-refractivity contribution is 5.72. The number of hydrogen-bond acceptors (Lipinski definition) is 3. The van der Waals surface area contributed by atoms with Crippen molar-refractivity contribution in [2.24, 2.45) is 0 Å². The van der Waals surface area contributed by atoms with E-state index in [2.05, 4.69) is 5.92 Å². The molecule has 4 heteroatoms. The van der Waals surface area contributed by atoms with Crippen LogP contribution in [0.15, 0.2) is 29.8 Å². The Morgan fingerprint density at radius 1 is 1.62 bits per heavy atom. The summed E-state index contributed by atoms with van der Waals surface area (Å²) in [5.41, 5.74) is 1.76. The fourth-order valence-electron chi connectivity index (χ4n) is 1.30. The van der Waals surface area contributed by atoms with Gasteiger partial charge in [0.15, 0.2) is 0 Å². The second-order valence-corrected chi connectivity index (χ2v) is 3.21. The van der Waals surface area contributed by atoms with Crippen LogP contribution in [-0.2, 0) is 0 Å². The Kier molecular flexibility index (Phi) is 3.81. The molecule has 0 saturated carbocycles. The Hall–Kier alpha value is -2.12. The Morgan fingerprint density at radius 3 is 2.81 bits per heavy atom. The van der Waals surface area contributed by atoms with Crippen LogP contribution in [0.5, 0.6) is 0 Å². The Morgan fingerprint density at radius 2 is 2.31 bits per heavy atom. The summed E-state index contributed by atoms with van der Waals surface area (Å²) < 4.78 is 0. The Bertz CT molecular complexity index is 483. The molecule has 0 radical (unpaired) electrons. The van der Waals surface area contributed by atoms with E-state index in [0.717, 1.165) is 0 Å². The minimum Gasteiger partial charge on any atom is -0.391 e. The molecule has 0 aliphatic carbocycles. The van der Waals surface area contributed by atoms with Gasteiger partial charge in [0.2, 0.25) is 0 Å². The number of allylic oxidation sites excluding steroid dienone is 1. The molecule has 1 rings (SSSR count). The third-order valence-electron chi connectivity index (χ3n) is 2.27. The molecule has 0 unspecified atom stereocenters. The molecule has 0 aromatic heterocycles. The first-order valence-corrected chi connectivity index (χ1v) is 4.62. The summed E-state index contributed by atoms with van der Waals surface area (Å²) in [4.78, 5) is 10.1. The van der Waals surface area contributed by atoms with Crippen molar-refractivity contribution < 1.29 is 10.0 Å². The van der Waals surface area contributed by atoms with E-state index in [1.165, 1.54) is 12.1 Å². The molecule has 0 fully saturated rings. The molecule has 1 aromatic carbocycles. The van der Waals surface area contributed by atoms with E-state index in [1.54, 1.807) is 19.1 Å². The molecule has 0 aliphatic heterocycles. The zero-order chi connectivity index (χ0) is 12.1. The van der Waals surface area contributed by atoms with Gasteiger partial charge in [0.25, 0.3) is 5.69 Å². The molecular formula is C12H11NO3. The third-order valence-corrected chi connectivity index (χ3v) is 2.27. The van der Waals surface area contributed by atoms with Gasteiger partial charge in [-0.25, -0.2) is 0 Å². The molecule has 4 nitrogen and oxygen atoms in total. The van der Waals surface area contributed by atoms with Gasteiger partial charge in [0.1, 0.15) is 0 Å². The van der Waals surface area contributed by atoms with Crippen molar-refractivity contribution in [3.8, 4) is 12.3 Å². The van der Waals surface area contributed by atoms with Gasteiger partial charge in [-0.05, 0) is 18.1 Å². The summed E-state index contributed by atoms with van der Waals surface area (Å²) in [7, 11) is 0. The lowest BCUT2D eigenvalue weighted by Crippen LogP contribution is -1.94. The van der Waals surface area contributed by atoms with Gasteiger partial charge in [-0.15, -0.1) is 6.42 Å². The van der Waals surface area contributed by atoms with Gasteiger partial charge < -0.3 is 5.11 Å². The van der Waals surface area contributed by atoms with Gasteiger partial charge in [-0.1, -0.05) is 18.1 Å². The molecule has 16 heavy (non-hydrogen) atoms. The van der Waals surface area contributed by atoms with E-state index in [1.807, 2.05) is 0 Å². The molecule has 0 heterocycles. The van der Waals surface area contributed by atoms with Crippen molar-refractivity contribution in [3.05, 3.63) is 45.5 Å². The summed E-state index contributed by atoms with van der Waals surface area (Å²) in [5, 5.41) is 19.6. The van der Waals surface area contributed by atoms with E-state index < -0.39 is 4.92 Å².